The third kappa shape index (κ3) is 4.33. The molecule has 2 unspecified atom stereocenters. The van der Waals surface area contributed by atoms with Gasteiger partial charge in [0.15, 0.2) is 0 Å². The first-order chi connectivity index (χ1) is 6.75. The average molecular weight is 217 g/mol. The number of hydrogen-bond donors (Lipinski definition) is 2. The standard InChI is InChI=1S/C10H19NO2S/c1-8-7-9(8)10(13)11-3-6-14-5-2-4-12/h8-9,12H,2-7H2,1H3,(H,11,13). The number of thioether (sulfide) groups is 1. The largest absolute Gasteiger partial charge is 0.396 e. The Morgan fingerprint density at radius 2 is 2.29 bits per heavy atom. The Morgan fingerprint density at radius 3 is 2.86 bits per heavy atom. The zero-order valence-electron chi connectivity index (χ0n) is 8.66. The van der Waals surface area contributed by atoms with E-state index in [9.17, 15) is 4.79 Å². The van der Waals surface area contributed by atoms with Gasteiger partial charge in [-0.2, -0.15) is 11.8 Å². The zero-order valence-corrected chi connectivity index (χ0v) is 9.48. The van der Waals surface area contributed by atoms with Crippen molar-refractivity contribution in [2.75, 3.05) is 24.7 Å². The Kier molecular flexibility index (Phi) is 5.33. The van der Waals surface area contributed by atoms with E-state index in [1.54, 1.807) is 11.8 Å². The van der Waals surface area contributed by atoms with Gasteiger partial charge in [0.05, 0.1) is 0 Å². The summed E-state index contributed by atoms with van der Waals surface area (Å²) in [6.07, 6.45) is 1.90. The van der Waals surface area contributed by atoms with Crippen LogP contribution in [0.25, 0.3) is 0 Å². The predicted octanol–water partition coefficient (Wildman–Crippen LogP) is 0.874. The summed E-state index contributed by atoms with van der Waals surface area (Å²) in [5.41, 5.74) is 0. The lowest BCUT2D eigenvalue weighted by Crippen LogP contribution is -2.27. The van der Waals surface area contributed by atoms with Gasteiger partial charge in [-0.15, -0.1) is 0 Å². The Labute approximate surface area is 89.6 Å². The average Bonchev–Trinajstić information content (AvgIpc) is 2.88. The van der Waals surface area contributed by atoms with Crippen molar-refractivity contribution in [3.63, 3.8) is 0 Å². The lowest BCUT2D eigenvalue weighted by Gasteiger charge is -2.03. The van der Waals surface area contributed by atoms with Gasteiger partial charge >= 0.3 is 0 Å². The van der Waals surface area contributed by atoms with Crippen LogP contribution < -0.4 is 5.32 Å². The van der Waals surface area contributed by atoms with Crippen molar-refractivity contribution >= 4 is 17.7 Å². The first-order valence-electron chi connectivity index (χ1n) is 5.22. The number of amides is 1. The van der Waals surface area contributed by atoms with Crippen LogP contribution in [0.3, 0.4) is 0 Å². The Balaban J connectivity index is 1.86. The molecule has 0 spiro atoms. The molecule has 0 radical (unpaired) electrons. The Bertz CT molecular complexity index is 187. The summed E-state index contributed by atoms with van der Waals surface area (Å²) in [5, 5.41) is 11.5. The van der Waals surface area contributed by atoms with Gasteiger partial charge < -0.3 is 10.4 Å². The number of carbonyl (C=O) groups excluding carboxylic acids is 1. The predicted molar refractivity (Wildman–Crippen MR) is 59.3 cm³/mol. The minimum atomic E-state index is 0.222. The summed E-state index contributed by atoms with van der Waals surface area (Å²) in [6, 6.07) is 0. The van der Waals surface area contributed by atoms with Gasteiger partial charge in [-0.05, 0) is 24.5 Å². The molecule has 2 atom stereocenters. The molecule has 0 saturated heterocycles. The molecular weight excluding hydrogens is 198 g/mol. The number of hydrogen-bond acceptors (Lipinski definition) is 3. The van der Waals surface area contributed by atoms with Gasteiger partial charge in [0.1, 0.15) is 0 Å². The van der Waals surface area contributed by atoms with Crippen LogP contribution in [0.1, 0.15) is 19.8 Å². The van der Waals surface area contributed by atoms with E-state index in [-0.39, 0.29) is 18.4 Å². The number of nitrogens with one attached hydrogen (secondary N) is 1. The molecule has 82 valence electrons. The van der Waals surface area contributed by atoms with Crippen LogP contribution in [0.2, 0.25) is 0 Å². The fourth-order valence-corrected chi connectivity index (χ4v) is 2.12. The highest BCUT2D eigenvalue weighted by Gasteiger charge is 2.38. The highest BCUT2D eigenvalue weighted by atomic mass is 32.2. The van der Waals surface area contributed by atoms with Crippen LogP contribution in [-0.2, 0) is 4.79 Å². The second kappa shape index (κ2) is 6.30. The monoisotopic (exact) mass is 217 g/mol. The van der Waals surface area contributed by atoms with Gasteiger partial charge in [-0.1, -0.05) is 6.92 Å². The van der Waals surface area contributed by atoms with Crippen LogP contribution in [0, 0.1) is 11.8 Å². The van der Waals surface area contributed by atoms with E-state index >= 15 is 0 Å². The van der Waals surface area contributed by atoms with Crippen molar-refractivity contribution in [2.45, 2.75) is 19.8 Å². The van der Waals surface area contributed by atoms with Crippen molar-refractivity contribution in [2.24, 2.45) is 11.8 Å². The molecular formula is C10H19NO2S. The van der Waals surface area contributed by atoms with Crippen LogP contribution in [0.4, 0.5) is 0 Å². The molecule has 0 aliphatic heterocycles. The second-order valence-corrected chi connectivity index (χ2v) is 5.02. The van der Waals surface area contributed by atoms with Crippen molar-refractivity contribution in [3.05, 3.63) is 0 Å². The van der Waals surface area contributed by atoms with E-state index in [0.29, 0.717) is 5.92 Å². The number of aliphatic hydroxyl groups excluding tert-OH is 1. The summed E-state index contributed by atoms with van der Waals surface area (Å²) in [7, 11) is 0. The van der Waals surface area contributed by atoms with Crippen LogP contribution in [0.5, 0.6) is 0 Å². The van der Waals surface area contributed by atoms with E-state index in [4.69, 9.17) is 5.11 Å². The fourth-order valence-electron chi connectivity index (χ4n) is 1.33. The van der Waals surface area contributed by atoms with Crippen molar-refractivity contribution in [1.29, 1.82) is 0 Å². The highest BCUT2D eigenvalue weighted by Crippen LogP contribution is 2.37. The lowest BCUT2D eigenvalue weighted by molar-refractivity contribution is -0.122. The summed E-state index contributed by atoms with van der Waals surface area (Å²) >= 11 is 1.78. The SMILES string of the molecule is CC1CC1C(=O)NCCSCCCO. The van der Waals surface area contributed by atoms with Gasteiger partial charge in [0.25, 0.3) is 0 Å². The van der Waals surface area contributed by atoms with Crippen molar-refractivity contribution < 1.29 is 9.90 Å². The topological polar surface area (TPSA) is 49.3 Å². The Morgan fingerprint density at radius 1 is 1.57 bits per heavy atom. The summed E-state index contributed by atoms with van der Waals surface area (Å²) in [4.78, 5) is 11.3. The number of carbonyl (C=O) groups is 1. The van der Waals surface area contributed by atoms with Crippen LogP contribution in [-0.4, -0.2) is 35.7 Å². The number of rotatable bonds is 7. The molecule has 2 N–H and O–H groups in total. The van der Waals surface area contributed by atoms with E-state index < -0.39 is 0 Å². The molecule has 1 saturated carbocycles. The van der Waals surface area contributed by atoms with E-state index in [1.807, 2.05) is 0 Å². The maximum Gasteiger partial charge on any atom is 0.223 e. The summed E-state index contributed by atoms with van der Waals surface area (Å²) in [5.74, 6) is 3.04. The normalized spacial score (nSPS) is 24.7. The maximum atomic E-state index is 11.3. The van der Waals surface area contributed by atoms with Gasteiger partial charge in [-0.3, -0.25) is 4.79 Å². The quantitative estimate of drug-likeness (QED) is 0.622. The van der Waals surface area contributed by atoms with Crippen LogP contribution in [0.15, 0.2) is 0 Å². The van der Waals surface area contributed by atoms with E-state index in [2.05, 4.69) is 12.2 Å². The minimum absolute atomic E-state index is 0.222. The molecule has 0 aromatic rings. The third-order valence-electron chi connectivity index (χ3n) is 2.44. The molecule has 0 bridgehead atoms. The molecule has 0 heterocycles. The first-order valence-corrected chi connectivity index (χ1v) is 6.37. The lowest BCUT2D eigenvalue weighted by atomic mass is 10.3. The fraction of sp³-hybridized carbons (Fsp3) is 0.900. The molecule has 4 heteroatoms. The van der Waals surface area contributed by atoms with Crippen molar-refractivity contribution in [3.8, 4) is 0 Å². The molecule has 14 heavy (non-hydrogen) atoms. The van der Waals surface area contributed by atoms with Crippen LogP contribution >= 0.6 is 11.8 Å². The summed E-state index contributed by atoms with van der Waals surface area (Å²) < 4.78 is 0. The van der Waals surface area contributed by atoms with E-state index in [0.717, 1.165) is 30.9 Å². The van der Waals surface area contributed by atoms with Gasteiger partial charge in [0, 0.05) is 24.8 Å². The third-order valence-corrected chi connectivity index (χ3v) is 3.51. The molecule has 1 amide bonds. The molecule has 1 rings (SSSR count). The molecule has 1 aliphatic carbocycles. The van der Waals surface area contributed by atoms with Crippen molar-refractivity contribution in [1.82, 2.24) is 5.32 Å². The van der Waals surface area contributed by atoms with Gasteiger partial charge in [0.2, 0.25) is 5.91 Å². The zero-order chi connectivity index (χ0) is 10.4. The molecule has 1 aliphatic rings. The molecule has 1 fully saturated rings. The molecule has 0 aromatic heterocycles. The summed E-state index contributed by atoms with van der Waals surface area (Å²) in [6.45, 7) is 3.14. The minimum Gasteiger partial charge on any atom is -0.396 e. The number of aliphatic hydroxyl groups is 1. The second-order valence-electron chi connectivity index (χ2n) is 3.80. The molecule has 3 nitrogen and oxygen atoms in total. The highest BCUT2D eigenvalue weighted by molar-refractivity contribution is 7.99. The van der Waals surface area contributed by atoms with Gasteiger partial charge in [-0.25, -0.2) is 0 Å². The Hall–Kier alpha value is -0.220. The van der Waals surface area contributed by atoms with E-state index in [1.165, 1.54) is 0 Å². The maximum absolute atomic E-state index is 11.3. The smallest absolute Gasteiger partial charge is 0.223 e. The molecule has 0 aromatic carbocycles. The first kappa shape index (κ1) is 11.9.